The molecule has 1 atom stereocenters. The van der Waals surface area contributed by atoms with Gasteiger partial charge >= 0.3 is 0 Å². The molecule has 0 fully saturated rings. The summed E-state index contributed by atoms with van der Waals surface area (Å²) < 4.78 is 11.0. The molecule has 0 saturated heterocycles. The van der Waals surface area contributed by atoms with Crippen LogP contribution in [0, 0.1) is 13.8 Å². The Morgan fingerprint density at radius 1 is 1.09 bits per heavy atom. The van der Waals surface area contributed by atoms with Crippen molar-refractivity contribution in [1.29, 1.82) is 0 Å². The summed E-state index contributed by atoms with van der Waals surface area (Å²) in [5.41, 5.74) is 2.19. The largest absolute Gasteiger partial charge is 0.503 e. The van der Waals surface area contributed by atoms with Crippen LogP contribution in [0.2, 0.25) is 0 Å². The maximum absolute atomic E-state index is 13.6. The molecule has 182 valence electrons. The Hall–Kier alpha value is -3.65. The first kappa shape index (κ1) is 24.5. The van der Waals surface area contributed by atoms with E-state index in [4.69, 9.17) is 9.47 Å². The molecular weight excluding hydrogens is 464 g/mol. The Labute approximate surface area is 208 Å². The zero-order valence-corrected chi connectivity index (χ0v) is 21.2. The molecule has 4 rings (SSSR count). The van der Waals surface area contributed by atoms with Crippen LogP contribution in [0.15, 0.2) is 59.9 Å². The molecule has 0 radical (unpaired) electrons. The van der Waals surface area contributed by atoms with E-state index in [-0.39, 0.29) is 24.0 Å². The van der Waals surface area contributed by atoms with Gasteiger partial charge in [0.1, 0.15) is 11.5 Å². The zero-order chi connectivity index (χ0) is 25.3. The van der Waals surface area contributed by atoms with Crippen molar-refractivity contribution in [1.82, 2.24) is 9.88 Å². The first-order valence-corrected chi connectivity index (χ1v) is 12.1. The average Bonchev–Trinajstić information content (AvgIpc) is 3.29. The number of hydrogen-bond acceptors (Lipinski definition) is 7. The lowest BCUT2D eigenvalue weighted by molar-refractivity contribution is -0.130. The van der Waals surface area contributed by atoms with E-state index in [1.54, 1.807) is 14.0 Å². The highest BCUT2D eigenvalue weighted by molar-refractivity contribution is 7.14. The van der Waals surface area contributed by atoms with Crippen LogP contribution in [-0.4, -0.2) is 39.9 Å². The van der Waals surface area contributed by atoms with Crippen LogP contribution in [-0.2, 0) is 11.3 Å². The highest BCUT2D eigenvalue weighted by Gasteiger charge is 2.44. The molecule has 0 saturated carbocycles. The molecule has 0 aliphatic carbocycles. The number of aliphatic hydroxyl groups is 1. The molecule has 1 aliphatic rings. The van der Waals surface area contributed by atoms with Gasteiger partial charge in [0.25, 0.3) is 5.91 Å². The number of amides is 1. The van der Waals surface area contributed by atoms with Crippen LogP contribution in [0.25, 0.3) is 0 Å². The predicted octanol–water partition coefficient (Wildman–Crippen LogP) is 5.33. The number of thiazole rings is 1. The summed E-state index contributed by atoms with van der Waals surface area (Å²) in [6.45, 7) is 7.67. The molecule has 1 aromatic heterocycles. The number of aromatic nitrogens is 1. The van der Waals surface area contributed by atoms with Gasteiger partial charge in [-0.2, -0.15) is 0 Å². The summed E-state index contributed by atoms with van der Waals surface area (Å²) in [7, 11) is 1.59. The number of carbonyl (C=O) groups is 2. The van der Waals surface area contributed by atoms with Crippen LogP contribution in [0.3, 0.4) is 0 Å². The van der Waals surface area contributed by atoms with E-state index in [1.165, 1.54) is 16.2 Å². The molecular formula is C27H28N2O5S. The first-order chi connectivity index (χ1) is 16.7. The number of rotatable bonds is 8. The van der Waals surface area contributed by atoms with E-state index in [0.29, 0.717) is 27.6 Å². The van der Waals surface area contributed by atoms with Crippen LogP contribution in [0.1, 0.15) is 51.4 Å². The highest BCUT2D eigenvalue weighted by atomic mass is 32.1. The minimum absolute atomic E-state index is 0.0131. The number of ether oxygens (including phenoxy) is 2. The van der Waals surface area contributed by atoms with E-state index in [0.717, 1.165) is 10.6 Å². The topological polar surface area (TPSA) is 89.0 Å². The normalized spacial score (nSPS) is 15.8. The average molecular weight is 493 g/mol. The van der Waals surface area contributed by atoms with Gasteiger partial charge in [-0.3, -0.25) is 9.59 Å². The van der Waals surface area contributed by atoms with Crippen molar-refractivity contribution < 1.29 is 24.2 Å². The summed E-state index contributed by atoms with van der Waals surface area (Å²) in [6.07, 6.45) is 0.0131. The second kappa shape index (κ2) is 9.92. The van der Waals surface area contributed by atoms with Crippen LogP contribution >= 0.6 is 11.3 Å². The van der Waals surface area contributed by atoms with Crippen molar-refractivity contribution in [3.8, 4) is 11.5 Å². The SMILES string of the molecule is COc1ccc(CN2C(=O)C(O)=C(C(=O)c3sc(C)nc3C)C2c2ccc(OC(C)C)cc2)cc1. The van der Waals surface area contributed by atoms with Gasteiger partial charge in [0.15, 0.2) is 5.76 Å². The fraction of sp³-hybridized carbons (Fsp3) is 0.296. The maximum atomic E-state index is 13.6. The molecule has 0 bridgehead atoms. The minimum atomic E-state index is -0.757. The second-order valence-electron chi connectivity index (χ2n) is 8.66. The number of nitrogens with zero attached hydrogens (tertiary/aromatic N) is 2. The van der Waals surface area contributed by atoms with E-state index in [9.17, 15) is 14.7 Å². The number of ketones is 1. The molecule has 1 N–H and O–H groups in total. The zero-order valence-electron chi connectivity index (χ0n) is 20.4. The molecule has 0 spiro atoms. The molecule has 8 heteroatoms. The van der Waals surface area contributed by atoms with Crippen LogP contribution < -0.4 is 9.47 Å². The van der Waals surface area contributed by atoms with E-state index in [1.807, 2.05) is 69.3 Å². The van der Waals surface area contributed by atoms with Crippen LogP contribution in [0.4, 0.5) is 0 Å². The Balaban J connectivity index is 1.76. The van der Waals surface area contributed by atoms with Gasteiger partial charge in [0.2, 0.25) is 5.78 Å². The number of aryl methyl sites for hydroxylation is 2. The molecule has 7 nitrogen and oxygen atoms in total. The third kappa shape index (κ3) is 4.93. The Morgan fingerprint density at radius 3 is 2.26 bits per heavy atom. The highest BCUT2D eigenvalue weighted by Crippen LogP contribution is 2.41. The lowest BCUT2D eigenvalue weighted by atomic mass is 9.94. The fourth-order valence-corrected chi connectivity index (χ4v) is 5.06. The molecule has 1 amide bonds. The van der Waals surface area contributed by atoms with Gasteiger partial charge in [0.05, 0.1) is 40.4 Å². The predicted molar refractivity (Wildman–Crippen MR) is 134 cm³/mol. The van der Waals surface area contributed by atoms with E-state index >= 15 is 0 Å². The van der Waals surface area contributed by atoms with Gasteiger partial charge in [-0.25, -0.2) is 4.98 Å². The third-order valence-electron chi connectivity index (χ3n) is 5.74. The fourth-order valence-electron chi connectivity index (χ4n) is 4.19. The second-order valence-corrected chi connectivity index (χ2v) is 9.86. The Bertz CT molecular complexity index is 1280. The summed E-state index contributed by atoms with van der Waals surface area (Å²) >= 11 is 1.26. The molecule has 2 heterocycles. The van der Waals surface area contributed by atoms with Gasteiger partial charge in [-0.1, -0.05) is 24.3 Å². The Kier molecular flexibility index (Phi) is 6.93. The smallest absolute Gasteiger partial charge is 0.290 e. The van der Waals surface area contributed by atoms with E-state index < -0.39 is 17.7 Å². The Morgan fingerprint density at radius 2 is 1.71 bits per heavy atom. The monoisotopic (exact) mass is 492 g/mol. The number of hydrogen-bond donors (Lipinski definition) is 1. The van der Waals surface area contributed by atoms with E-state index in [2.05, 4.69) is 4.98 Å². The summed E-state index contributed by atoms with van der Waals surface area (Å²) in [6, 6.07) is 13.9. The molecule has 35 heavy (non-hydrogen) atoms. The maximum Gasteiger partial charge on any atom is 0.290 e. The minimum Gasteiger partial charge on any atom is -0.503 e. The summed E-state index contributed by atoms with van der Waals surface area (Å²) in [5, 5.41) is 11.7. The number of Topliss-reactive ketones (excluding diaryl/α,β-unsaturated/α-hetero) is 1. The van der Waals surface area contributed by atoms with Crippen molar-refractivity contribution in [2.45, 2.75) is 46.4 Å². The van der Waals surface area contributed by atoms with Crippen molar-refractivity contribution in [2.75, 3.05) is 7.11 Å². The standard InChI is InChI=1S/C27H28N2O5S/c1-15(2)34-21-12-8-19(9-13-21)23-22(24(30)26-16(3)28-17(4)35-26)25(31)27(32)29(23)14-18-6-10-20(33-5)11-7-18/h6-13,15,23,31H,14H2,1-5H3. The summed E-state index contributed by atoms with van der Waals surface area (Å²) in [4.78, 5) is 33.2. The van der Waals surface area contributed by atoms with Gasteiger partial charge in [-0.15, -0.1) is 11.3 Å². The summed E-state index contributed by atoms with van der Waals surface area (Å²) in [5.74, 6) is -0.114. The van der Waals surface area contributed by atoms with Gasteiger partial charge in [0, 0.05) is 6.54 Å². The lowest BCUT2D eigenvalue weighted by Crippen LogP contribution is -2.30. The van der Waals surface area contributed by atoms with Gasteiger partial charge < -0.3 is 19.5 Å². The number of carbonyl (C=O) groups excluding carboxylic acids is 2. The molecule has 1 aliphatic heterocycles. The first-order valence-electron chi connectivity index (χ1n) is 11.3. The number of benzene rings is 2. The molecule has 1 unspecified atom stereocenters. The lowest BCUT2D eigenvalue weighted by Gasteiger charge is -2.27. The quantitative estimate of drug-likeness (QED) is 0.427. The number of methoxy groups -OCH3 is 1. The third-order valence-corrected chi connectivity index (χ3v) is 6.81. The van der Waals surface area contributed by atoms with Crippen molar-refractivity contribution in [3.63, 3.8) is 0 Å². The van der Waals surface area contributed by atoms with Crippen molar-refractivity contribution >= 4 is 23.0 Å². The van der Waals surface area contributed by atoms with Crippen molar-refractivity contribution in [3.05, 3.63) is 86.6 Å². The van der Waals surface area contributed by atoms with Crippen molar-refractivity contribution in [2.24, 2.45) is 0 Å². The molecule has 3 aromatic rings. The van der Waals surface area contributed by atoms with Gasteiger partial charge in [-0.05, 0) is 63.1 Å². The molecule has 2 aromatic carbocycles. The number of aliphatic hydroxyl groups excluding tert-OH is 1. The van der Waals surface area contributed by atoms with Crippen LogP contribution in [0.5, 0.6) is 11.5 Å².